The second kappa shape index (κ2) is 7.37. The zero-order valence-corrected chi connectivity index (χ0v) is 18.8. The Balaban J connectivity index is 1.56. The molecule has 0 bridgehead atoms. The quantitative estimate of drug-likeness (QED) is 0.387. The van der Waals surface area contributed by atoms with E-state index in [1.54, 1.807) is 0 Å². The largest absolute Gasteiger partial charge is 0.508 e. The summed E-state index contributed by atoms with van der Waals surface area (Å²) < 4.78 is 0. The maximum absolute atomic E-state index is 10.0. The third kappa shape index (κ3) is 3.12. The van der Waals surface area contributed by atoms with E-state index in [0.717, 1.165) is 29.2 Å². The summed E-state index contributed by atoms with van der Waals surface area (Å²) in [6.07, 6.45) is 18.6. The first-order chi connectivity index (χ1) is 13.3. The predicted octanol–water partition coefficient (Wildman–Crippen LogP) is 8.00. The molecule has 0 aromatic rings. The van der Waals surface area contributed by atoms with Crippen molar-refractivity contribution in [1.82, 2.24) is 0 Å². The second-order valence-electron chi connectivity index (χ2n) is 11.3. The van der Waals surface area contributed by atoms with Crippen molar-refractivity contribution in [3.05, 3.63) is 35.6 Å². The molecule has 1 unspecified atom stereocenters. The number of aliphatic hydroxyl groups excluding tert-OH is 1. The summed E-state index contributed by atoms with van der Waals surface area (Å²) in [6.45, 7) is 13.3. The summed E-state index contributed by atoms with van der Waals surface area (Å²) in [7, 11) is 0. The third-order valence-corrected chi connectivity index (χ3v) is 10.1. The van der Waals surface area contributed by atoms with Crippen molar-refractivity contribution in [2.45, 2.75) is 91.9 Å². The SMILES string of the molecule is C=C(C)C(O)=CC=C(C)[C@H]1CC[C@H]2[C@@H]3CCC4CCCC[C@]4(C)[C@H]3CC[C@]12C. The molecule has 0 saturated heterocycles. The molecule has 1 N–H and O–H groups in total. The summed E-state index contributed by atoms with van der Waals surface area (Å²) >= 11 is 0. The predicted molar refractivity (Wildman–Crippen MR) is 119 cm³/mol. The highest BCUT2D eigenvalue weighted by Crippen LogP contribution is 2.68. The van der Waals surface area contributed by atoms with E-state index in [-0.39, 0.29) is 0 Å². The van der Waals surface area contributed by atoms with Gasteiger partial charge >= 0.3 is 0 Å². The van der Waals surface area contributed by atoms with Crippen LogP contribution in [0.1, 0.15) is 91.9 Å². The zero-order valence-electron chi connectivity index (χ0n) is 18.8. The van der Waals surface area contributed by atoms with Gasteiger partial charge in [0.25, 0.3) is 0 Å². The second-order valence-corrected chi connectivity index (χ2v) is 11.3. The molecule has 1 heteroatoms. The number of aliphatic hydroxyl groups is 1. The molecule has 4 fully saturated rings. The van der Waals surface area contributed by atoms with E-state index < -0.39 is 0 Å². The fraction of sp³-hybridized carbons (Fsp3) is 0.778. The zero-order chi connectivity index (χ0) is 20.1. The summed E-state index contributed by atoms with van der Waals surface area (Å²) in [6, 6.07) is 0. The van der Waals surface area contributed by atoms with Gasteiger partial charge in [0.2, 0.25) is 0 Å². The van der Waals surface area contributed by atoms with Crippen LogP contribution < -0.4 is 0 Å². The van der Waals surface area contributed by atoms with Gasteiger partial charge in [0, 0.05) is 0 Å². The Morgan fingerprint density at radius 1 is 0.857 bits per heavy atom. The van der Waals surface area contributed by atoms with Gasteiger partial charge in [0.05, 0.1) is 0 Å². The van der Waals surface area contributed by atoms with Crippen molar-refractivity contribution >= 4 is 0 Å². The van der Waals surface area contributed by atoms with Crippen molar-refractivity contribution in [1.29, 1.82) is 0 Å². The molecule has 0 radical (unpaired) electrons. The molecule has 7 atom stereocenters. The standard InChI is InChI=1S/C27H42O/c1-18(2)25(28)14-9-19(3)22-12-13-23-21-11-10-20-8-6-7-16-26(20,4)24(21)15-17-27(22,23)5/h9,14,20-24,28H,1,6-8,10-13,15-17H2,2-5H3/t20?,21-,22+,23-,24-,26-,27+/m0/s1. The number of hydrogen-bond acceptors (Lipinski definition) is 1. The van der Waals surface area contributed by atoms with Crippen molar-refractivity contribution in [2.24, 2.45) is 40.4 Å². The van der Waals surface area contributed by atoms with Crippen molar-refractivity contribution in [3.8, 4) is 0 Å². The molecular formula is C27H42O. The fourth-order valence-corrected chi connectivity index (χ4v) is 8.51. The smallest absolute Gasteiger partial charge is 0.117 e. The van der Waals surface area contributed by atoms with Crippen LogP contribution in [0.3, 0.4) is 0 Å². The van der Waals surface area contributed by atoms with Crippen LogP contribution in [0.15, 0.2) is 35.6 Å². The number of fused-ring (bicyclic) bond motifs is 5. The van der Waals surface area contributed by atoms with E-state index in [2.05, 4.69) is 33.4 Å². The minimum atomic E-state index is 0.325. The normalized spacial score (nSPS) is 46.5. The van der Waals surface area contributed by atoms with Gasteiger partial charge in [-0.3, -0.25) is 0 Å². The van der Waals surface area contributed by atoms with Gasteiger partial charge in [-0.2, -0.15) is 0 Å². The highest BCUT2D eigenvalue weighted by molar-refractivity contribution is 5.27. The Hall–Kier alpha value is -0.980. The summed E-state index contributed by atoms with van der Waals surface area (Å²) in [5.41, 5.74) is 3.32. The molecular weight excluding hydrogens is 340 g/mol. The lowest BCUT2D eigenvalue weighted by atomic mass is 9.44. The maximum atomic E-state index is 10.0. The lowest BCUT2D eigenvalue weighted by molar-refractivity contribution is -0.108. The topological polar surface area (TPSA) is 20.2 Å². The number of rotatable bonds is 3. The van der Waals surface area contributed by atoms with Gasteiger partial charge in [0.1, 0.15) is 5.76 Å². The molecule has 0 heterocycles. The maximum Gasteiger partial charge on any atom is 0.117 e. The van der Waals surface area contributed by atoms with Crippen LogP contribution in [0.25, 0.3) is 0 Å². The fourth-order valence-electron chi connectivity index (χ4n) is 8.51. The molecule has 4 aliphatic rings. The van der Waals surface area contributed by atoms with Gasteiger partial charge in [0.15, 0.2) is 0 Å². The van der Waals surface area contributed by atoms with Crippen LogP contribution in [0.5, 0.6) is 0 Å². The first kappa shape index (κ1) is 20.3. The Bertz CT molecular complexity index is 684. The highest BCUT2D eigenvalue weighted by atomic mass is 16.3. The molecule has 0 aliphatic heterocycles. The van der Waals surface area contributed by atoms with Crippen LogP contribution in [-0.4, -0.2) is 5.11 Å². The first-order valence-electron chi connectivity index (χ1n) is 12.0. The van der Waals surface area contributed by atoms with Gasteiger partial charge in [-0.1, -0.05) is 44.9 Å². The van der Waals surface area contributed by atoms with Crippen molar-refractivity contribution in [3.63, 3.8) is 0 Å². The summed E-state index contributed by atoms with van der Waals surface area (Å²) in [5, 5.41) is 10.0. The lowest BCUT2D eigenvalue weighted by Gasteiger charge is -2.60. The van der Waals surface area contributed by atoms with Crippen LogP contribution in [0, 0.1) is 40.4 Å². The summed E-state index contributed by atoms with van der Waals surface area (Å²) in [4.78, 5) is 0. The Morgan fingerprint density at radius 3 is 2.36 bits per heavy atom. The molecule has 0 amide bonds. The average Bonchev–Trinajstić information content (AvgIpc) is 3.02. The van der Waals surface area contributed by atoms with Crippen LogP contribution in [0.2, 0.25) is 0 Å². The van der Waals surface area contributed by atoms with Gasteiger partial charge in [-0.15, -0.1) is 0 Å². The molecule has 4 saturated carbocycles. The van der Waals surface area contributed by atoms with E-state index in [4.69, 9.17) is 0 Å². The van der Waals surface area contributed by atoms with Crippen molar-refractivity contribution < 1.29 is 5.11 Å². The number of hydrogen-bond donors (Lipinski definition) is 1. The molecule has 0 spiro atoms. The molecule has 1 nitrogen and oxygen atoms in total. The molecule has 0 aromatic heterocycles. The van der Waals surface area contributed by atoms with Crippen LogP contribution >= 0.6 is 0 Å². The number of allylic oxidation sites excluding steroid dienone is 4. The first-order valence-corrected chi connectivity index (χ1v) is 12.0. The van der Waals surface area contributed by atoms with Crippen LogP contribution in [0.4, 0.5) is 0 Å². The van der Waals surface area contributed by atoms with E-state index in [1.807, 2.05) is 13.0 Å². The average molecular weight is 383 g/mol. The Labute approximate surface area is 173 Å². The minimum Gasteiger partial charge on any atom is -0.508 e. The third-order valence-electron chi connectivity index (χ3n) is 10.1. The Morgan fingerprint density at radius 2 is 1.61 bits per heavy atom. The monoisotopic (exact) mass is 382 g/mol. The molecule has 0 aromatic carbocycles. The van der Waals surface area contributed by atoms with E-state index in [0.29, 0.717) is 22.5 Å². The summed E-state index contributed by atoms with van der Waals surface area (Å²) in [5.74, 6) is 4.89. The van der Waals surface area contributed by atoms with Crippen LogP contribution in [-0.2, 0) is 0 Å². The molecule has 156 valence electrons. The molecule has 28 heavy (non-hydrogen) atoms. The minimum absolute atomic E-state index is 0.325. The van der Waals surface area contributed by atoms with E-state index >= 15 is 0 Å². The highest BCUT2D eigenvalue weighted by Gasteiger charge is 2.59. The van der Waals surface area contributed by atoms with Gasteiger partial charge in [-0.25, -0.2) is 0 Å². The molecule has 4 aliphatic carbocycles. The Kier molecular flexibility index (Phi) is 5.34. The van der Waals surface area contributed by atoms with Gasteiger partial charge in [-0.05, 0) is 117 Å². The lowest BCUT2D eigenvalue weighted by Crippen LogP contribution is -2.52. The van der Waals surface area contributed by atoms with Gasteiger partial charge < -0.3 is 5.11 Å². The van der Waals surface area contributed by atoms with Crippen molar-refractivity contribution in [2.75, 3.05) is 0 Å². The van der Waals surface area contributed by atoms with E-state index in [1.165, 1.54) is 69.8 Å². The molecule has 4 rings (SSSR count). The van der Waals surface area contributed by atoms with E-state index in [9.17, 15) is 5.11 Å².